The van der Waals surface area contributed by atoms with Gasteiger partial charge in [-0.1, -0.05) is 25.7 Å². The van der Waals surface area contributed by atoms with Crippen molar-refractivity contribution < 1.29 is 28.5 Å². The first-order valence-corrected chi connectivity index (χ1v) is 11.9. The number of nitrogens with zero attached hydrogens (tertiary/aromatic N) is 2. The third kappa shape index (κ3) is 8.19. The largest absolute Gasteiger partial charge is 0.459 e. The first-order chi connectivity index (χ1) is 13.8. The maximum Gasteiger partial charge on any atom is 0.319 e. The lowest BCUT2D eigenvalue weighted by Gasteiger charge is -2.28. The zero-order valence-corrected chi connectivity index (χ0v) is 19.2. The van der Waals surface area contributed by atoms with Gasteiger partial charge in [-0.15, -0.1) is 0 Å². The number of carbonyl (C=O) groups excluding carboxylic acids is 1. The number of hydrogen-bond acceptors (Lipinski definition) is 8. The molecule has 0 aromatic heterocycles. The van der Waals surface area contributed by atoms with Gasteiger partial charge >= 0.3 is 5.97 Å². The number of hydrogen-bond donors (Lipinski definition) is 0. The number of rotatable bonds is 9. The first-order valence-electron chi connectivity index (χ1n) is 10.6. The van der Waals surface area contributed by atoms with Crippen molar-refractivity contribution in [2.45, 2.75) is 90.8 Å². The van der Waals surface area contributed by atoms with Crippen molar-refractivity contribution >= 4 is 26.1 Å². The van der Waals surface area contributed by atoms with Gasteiger partial charge in [0.25, 0.3) is 5.90 Å². The molecule has 0 saturated heterocycles. The molecule has 1 aliphatic heterocycles. The molecule has 0 spiro atoms. The molecule has 2 aliphatic rings. The van der Waals surface area contributed by atoms with Crippen molar-refractivity contribution in [1.29, 1.82) is 0 Å². The summed E-state index contributed by atoms with van der Waals surface area (Å²) in [7, 11) is -1.51. The van der Waals surface area contributed by atoms with E-state index in [4.69, 9.17) is 23.7 Å². The number of esters is 1. The number of aliphatic imine (C=N–C) groups is 1. The van der Waals surface area contributed by atoms with Crippen LogP contribution in [0.5, 0.6) is 0 Å². The summed E-state index contributed by atoms with van der Waals surface area (Å²) in [5, 5.41) is 4.01. The lowest BCUT2D eigenvalue weighted by Crippen LogP contribution is -2.34. The lowest BCUT2D eigenvalue weighted by atomic mass is 9.99. The maximum atomic E-state index is 12.9. The van der Waals surface area contributed by atoms with Gasteiger partial charge in [-0.25, -0.2) is 0 Å². The van der Waals surface area contributed by atoms with Crippen LogP contribution < -0.4 is 0 Å². The van der Waals surface area contributed by atoms with Gasteiger partial charge in [0.1, 0.15) is 11.3 Å². The Hall–Kier alpha value is -1.24. The van der Waals surface area contributed by atoms with Crippen molar-refractivity contribution in [1.82, 2.24) is 0 Å². The molecule has 1 unspecified atom stereocenters. The number of carbonyl (C=O) groups is 1. The third-order valence-corrected chi connectivity index (χ3v) is 6.47. The predicted molar refractivity (Wildman–Crippen MR) is 113 cm³/mol. The molecular formula is C20H35N2O6P. The van der Waals surface area contributed by atoms with Crippen LogP contribution in [0, 0.1) is 5.92 Å². The molecule has 1 aliphatic carbocycles. The summed E-state index contributed by atoms with van der Waals surface area (Å²) in [6.45, 7) is 10.1. The molecule has 166 valence electrons. The number of ether oxygens (including phenoxy) is 1. The summed E-state index contributed by atoms with van der Waals surface area (Å²) in [6.07, 6.45) is 7.06. The zero-order chi connectivity index (χ0) is 21.3. The Balaban J connectivity index is 2.17. The van der Waals surface area contributed by atoms with Crippen molar-refractivity contribution in [3.8, 4) is 0 Å². The standard InChI is InChI=1S/C20H35N2O6P/c1-6-24-29(25-7-2)16(19(23)26-20(3,4)5)14-17-21-18(22-28-27-17)15-12-10-8-9-11-13-15/h15-16H,6-14H2,1-5H3. The minimum atomic E-state index is -1.51. The molecule has 1 heterocycles. The molecular weight excluding hydrogens is 395 g/mol. The average molecular weight is 430 g/mol. The second-order valence-electron chi connectivity index (χ2n) is 8.18. The van der Waals surface area contributed by atoms with E-state index in [1.165, 1.54) is 12.8 Å². The van der Waals surface area contributed by atoms with Gasteiger partial charge in [0, 0.05) is 5.92 Å². The average Bonchev–Trinajstić information content (AvgIpc) is 2.94. The van der Waals surface area contributed by atoms with E-state index in [0.29, 0.717) is 24.9 Å². The summed E-state index contributed by atoms with van der Waals surface area (Å²) < 4.78 is 17.1. The monoisotopic (exact) mass is 430 g/mol. The van der Waals surface area contributed by atoms with Crippen molar-refractivity contribution in [3.05, 3.63) is 0 Å². The lowest BCUT2D eigenvalue weighted by molar-refractivity contribution is -0.228. The van der Waals surface area contributed by atoms with Crippen molar-refractivity contribution in [3.63, 3.8) is 0 Å². The van der Waals surface area contributed by atoms with Gasteiger partial charge in [0.2, 0.25) is 0 Å². The second kappa shape index (κ2) is 11.8. The fourth-order valence-electron chi connectivity index (χ4n) is 3.30. The van der Waals surface area contributed by atoms with Crippen LogP contribution in [0.25, 0.3) is 0 Å². The van der Waals surface area contributed by atoms with Crippen LogP contribution in [0.15, 0.2) is 10.1 Å². The number of oxime groups is 1. The summed E-state index contributed by atoms with van der Waals surface area (Å²) in [4.78, 5) is 27.7. The van der Waals surface area contributed by atoms with Crippen molar-refractivity contribution in [2.75, 3.05) is 13.2 Å². The van der Waals surface area contributed by atoms with E-state index in [2.05, 4.69) is 10.1 Å². The smallest absolute Gasteiger partial charge is 0.319 e. The normalized spacial score (nSPS) is 19.5. The Kier molecular flexibility index (Phi) is 9.80. The Morgan fingerprint density at radius 3 is 2.31 bits per heavy atom. The molecule has 8 nitrogen and oxygen atoms in total. The van der Waals surface area contributed by atoms with Crippen LogP contribution in [0.3, 0.4) is 0 Å². The maximum absolute atomic E-state index is 12.9. The van der Waals surface area contributed by atoms with Gasteiger partial charge in [-0.2, -0.15) is 9.98 Å². The summed E-state index contributed by atoms with van der Waals surface area (Å²) in [5.41, 5.74) is -1.28. The SMILES string of the molecule is CCOP(OCC)C(CC1=NC(C2CCCCCC2)=NOO1)C(=O)OC(C)(C)C. The molecule has 0 aromatic carbocycles. The number of amidine groups is 1. The third-order valence-electron chi connectivity index (χ3n) is 4.54. The van der Waals surface area contributed by atoms with Crippen LogP contribution in [0.4, 0.5) is 0 Å². The molecule has 0 bridgehead atoms. The van der Waals surface area contributed by atoms with E-state index in [-0.39, 0.29) is 12.3 Å². The zero-order valence-electron chi connectivity index (χ0n) is 18.3. The highest BCUT2D eigenvalue weighted by Crippen LogP contribution is 2.46. The van der Waals surface area contributed by atoms with E-state index < -0.39 is 25.6 Å². The molecule has 0 amide bonds. The van der Waals surface area contributed by atoms with Crippen molar-refractivity contribution in [2.24, 2.45) is 16.1 Å². The van der Waals surface area contributed by atoms with E-state index >= 15 is 0 Å². The molecule has 0 radical (unpaired) electrons. The Bertz CT molecular complexity index is 576. The molecule has 2 rings (SSSR count). The van der Waals surface area contributed by atoms with Crippen LogP contribution in [0.2, 0.25) is 0 Å². The van der Waals surface area contributed by atoms with Crippen LogP contribution in [-0.4, -0.2) is 42.2 Å². The summed E-state index contributed by atoms with van der Waals surface area (Å²) in [5.74, 6) is 0.822. The van der Waals surface area contributed by atoms with Crippen LogP contribution >= 0.6 is 8.38 Å². The van der Waals surface area contributed by atoms with Gasteiger partial charge < -0.3 is 13.8 Å². The Morgan fingerprint density at radius 2 is 1.76 bits per heavy atom. The summed E-state index contributed by atoms with van der Waals surface area (Å²) in [6, 6.07) is 0. The van der Waals surface area contributed by atoms with E-state index in [1.54, 1.807) is 0 Å². The Morgan fingerprint density at radius 1 is 1.14 bits per heavy atom. The van der Waals surface area contributed by atoms with E-state index in [9.17, 15) is 4.79 Å². The highest BCUT2D eigenvalue weighted by molar-refractivity contribution is 7.49. The highest BCUT2D eigenvalue weighted by atomic mass is 31.2. The van der Waals surface area contributed by atoms with Crippen LogP contribution in [-0.2, 0) is 28.5 Å². The second-order valence-corrected chi connectivity index (χ2v) is 9.89. The Labute approximate surface area is 175 Å². The summed E-state index contributed by atoms with van der Waals surface area (Å²) >= 11 is 0. The molecule has 1 fully saturated rings. The first kappa shape index (κ1) is 24.0. The topological polar surface area (TPSA) is 87.9 Å². The molecule has 29 heavy (non-hydrogen) atoms. The minimum Gasteiger partial charge on any atom is -0.459 e. The molecule has 1 atom stereocenters. The fraction of sp³-hybridized carbons (Fsp3) is 0.850. The van der Waals surface area contributed by atoms with Gasteiger partial charge in [-0.3, -0.25) is 9.68 Å². The van der Waals surface area contributed by atoms with E-state index in [0.717, 1.165) is 25.7 Å². The van der Waals surface area contributed by atoms with Crippen LogP contribution in [0.1, 0.15) is 79.6 Å². The van der Waals surface area contributed by atoms with Gasteiger partial charge in [0.05, 0.1) is 19.6 Å². The predicted octanol–water partition coefficient (Wildman–Crippen LogP) is 5.12. The molecule has 9 heteroatoms. The highest BCUT2D eigenvalue weighted by Gasteiger charge is 2.37. The molecule has 0 N–H and O–H groups in total. The van der Waals surface area contributed by atoms with Gasteiger partial charge in [0.15, 0.2) is 14.2 Å². The molecule has 0 aromatic rings. The minimum absolute atomic E-state index is 0.173. The fourth-order valence-corrected chi connectivity index (χ4v) is 4.77. The van der Waals surface area contributed by atoms with Gasteiger partial charge in [-0.05, 0) is 52.6 Å². The molecule has 1 saturated carbocycles. The quantitative estimate of drug-likeness (QED) is 0.218. The van der Waals surface area contributed by atoms with E-state index in [1.807, 2.05) is 34.6 Å².